The Morgan fingerprint density at radius 1 is 0.523 bits per heavy atom. The zero-order chi connectivity index (χ0) is 60.5. The molecule has 3 aromatic heterocycles. The third-order valence-electron chi connectivity index (χ3n) is 18.4. The Bertz CT molecular complexity index is 4760. The maximum Gasteiger partial charge on any atom is 0.252 e. The molecule has 0 spiro atoms. The van der Waals surface area contributed by atoms with Crippen LogP contribution in [0.15, 0.2) is 184 Å². The van der Waals surface area contributed by atoms with E-state index in [1.54, 1.807) is 6.07 Å². The fourth-order valence-corrected chi connectivity index (χ4v) is 15.8. The van der Waals surface area contributed by atoms with Gasteiger partial charge in [0, 0.05) is 68.6 Å². The first-order valence-corrected chi connectivity index (χ1v) is 32.1. The van der Waals surface area contributed by atoms with Crippen LogP contribution < -0.4 is 26.2 Å². The molecule has 0 unspecified atom stereocenters. The van der Waals surface area contributed by atoms with Crippen LogP contribution in [0.25, 0.3) is 60.7 Å². The fourth-order valence-electron chi connectivity index (χ4n) is 13.4. The topological polar surface area (TPSA) is 36.7 Å². The quantitative estimate of drug-likeness (QED) is 0.0975. The van der Waals surface area contributed by atoms with Gasteiger partial charge in [0.1, 0.15) is 0 Å². The first kappa shape index (κ1) is 58.2. The van der Waals surface area contributed by atoms with Gasteiger partial charge in [0.25, 0.3) is 6.71 Å². The standard InChI is InChI=1S/C65H58BN4S2.C13H11FN.Ir/c1-62(2,3)37-24-26-49-53(32-37)71-55-34-39(64(7,8)9)30-44-59(55)68(49)51-28-36(41-19-17-20-43-57(41)42-18-13-15-22-47(42)70-48-23-16-14-21-46(48)67-61(43)70)29-52-58(51)66(44)45-31-40(65(10,11)12)35-56-60(45)69(52)50-27-25-38(63(4,5)6)33-54(50)72-56;1-9-7-13(15-8-10(9)2)11-3-5-12(14)6-4-11;/h13-19,21-35H,1-12H3;3,5-8H,1-2H3;/q2*-1;. The van der Waals surface area contributed by atoms with E-state index in [4.69, 9.17) is 4.98 Å². The Morgan fingerprint density at radius 3 is 1.61 bits per heavy atom. The summed E-state index contributed by atoms with van der Waals surface area (Å²) in [7, 11) is 0. The van der Waals surface area contributed by atoms with Crippen LogP contribution in [0.5, 0.6) is 0 Å². The molecule has 439 valence electrons. The van der Waals surface area contributed by atoms with Crippen molar-refractivity contribution in [2.75, 3.05) is 9.80 Å². The first-order valence-electron chi connectivity index (χ1n) is 30.4. The van der Waals surface area contributed by atoms with E-state index in [9.17, 15) is 4.39 Å². The zero-order valence-electron chi connectivity index (χ0n) is 52.4. The van der Waals surface area contributed by atoms with Crippen LogP contribution in [0.2, 0.25) is 0 Å². The van der Waals surface area contributed by atoms with Crippen LogP contribution >= 0.6 is 23.5 Å². The van der Waals surface area contributed by atoms with Gasteiger partial charge in [-0.1, -0.05) is 189 Å². The third kappa shape index (κ3) is 9.28. The predicted molar refractivity (Wildman–Crippen MR) is 367 cm³/mol. The van der Waals surface area contributed by atoms with E-state index >= 15 is 0 Å². The Labute approximate surface area is 539 Å². The molecule has 0 atom stereocenters. The van der Waals surface area contributed by atoms with E-state index < -0.39 is 0 Å². The minimum atomic E-state index is -0.275. The van der Waals surface area contributed by atoms with Gasteiger partial charge in [0.2, 0.25) is 0 Å². The number of imidazole rings is 1. The third-order valence-corrected chi connectivity index (χ3v) is 20.6. The van der Waals surface area contributed by atoms with Crippen LogP contribution in [0.3, 0.4) is 0 Å². The number of halogens is 1. The fraction of sp³-hybridized carbons (Fsp3) is 0.231. The van der Waals surface area contributed by atoms with Gasteiger partial charge in [-0.2, -0.15) is 0 Å². The second kappa shape index (κ2) is 20.5. The number of aromatic nitrogens is 3. The molecular weight excluding hydrogens is 1290 g/mol. The van der Waals surface area contributed by atoms with Crippen LogP contribution in [0, 0.1) is 31.8 Å². The van der Waals surface area contributed by atoms with Gasteiger partial charge in [-0.15, -0.1) is 48.0 Å². The summed E-state index contributed by atoms with van der Waals surface area (Å²) < 4.78 is 15.0. The first-order chi connectivity index (χ1) is 41.4. The minimum Gasteiger partial charge on any atom is -0.333 e. The van der Waals surface area contributed by atoms with E-state index in [0.29, 0.717) is 0 Å². The van der Waals surface area contributed by atoms with Crippen molar-refractivity contribution in [3.05, 3.63) is 215 Å². The summed E-state index contributed by atoms with van der Waals surface area (Å²) in [6.45, 7) is 32.3. The molecular formula is C78H69BFIrN5S2-2. The number of para-hydroxylation sites is 3. The molecule has 7 heterocycles. The van der Waals surface area contributed by atoms with Gasteiger partial charge in [-0.3, -0.25) is 9.37 Å². The van der Waals surface area contributed by atoms with Crippen LogP contribution in [-0.2, 0) is 41.8 Å². The molecule has 0 saturated carbocycles. The van der Waals surface area contributed by atoms with E-state index in [1.165, 1.54) is 132 Å². The van der Waals surface area contributed by atoms with Crippen LogP contribution in [0.1, 0.15) is 116 Å². The molecule has 0 saturated heterocycles. The Kier molecular flexibility index (Phi) is 13.6. The molecule has 12 aromatic rings. The van der Waals surface area contributed by atoms with Crippen molar-refractivity contribution in [3.63, 3.8) is 0 Å². The summed E-state index contributed by atoms with van der Waals surface area (Å²) >= 11 is 3.92. The molecule has 88 heavy (non-hydrogen) atoms. The molecule has 0 aliphatic carbocycles. The van der Waals surface area contributed by atoms with Gasteiger partial charge in [0.05, 0.1) is 39.4 Å². The minimum absolute atomic E-state index is 0. The van der Waals surface area contributed by atoms with E-state index in [2.05, 4.69) is 248 Å². The van der Waals surface area contributed by atoms with Gasteiger partial charge in [-0.05, 0) is 163 Å². The molecule has 10 heteroatoms. The van der Waals surface area contributed by atoms with Gasteiger partial charge < -0.3 is 19.2 Å². The van der Waals surface area contributed by atoms with E-state index in [1.807, 2.05) is 49.6 Å². The average molecular weight is 1360 g/mol. The normalized spacial score (nSPS) is 13.8. The number of aryl methyl sites for hydroxylation is 2. The molecule has 4 aliphatic heterocycles. The molecule has 0 N–H and O–H groups in total. The maximum absolute atomic E-state index is 12.7. The monoisotopic (exact) mass is 1360 g/mol. The number of pyridine rings is 2. The molecule has 4 aliphatic rings. The van der Waals surface area contributed by atoms with E-state index in [-0.39, 0.29) is 54.3 Å². The largest absolute Gasteiger partial charge is 0.333 e. The smallest absolute Gasteiger partial charge is 0.252 e. The molecule has 0 fully saturated rings. The number of rotatable bonds is 2. The van der Waals surface area contributed by atoms with Crippen molar-refractivity contribution >= 4 is 119 Å². The summed E-state index contributed by atoms with van der Waals surface area (Å²) in [6.07, 6.45) is 1.82. The maximum atomic E-state index is 12.7. The van der Waals surface area contributed by atoms with Crippen molar-refractivity contribution in [2.45, 2.75) is 138 Å². The predicted octanol–water partition coefficient (Wildman–Crippen LogP) is 19.8. The second-order valence-corrected chi connectivity index (χ2v) is 30.6. The second-order valence-electron chi connectivity index (χ2n) is 28.4. The molecule has 1 radical (unpaired) electrons. The Balaban J connectivity index is 0.000000372. The van der Waals surface area contributed by atoms with Crippen LogP contribution in [-0.4, -0.2) is 21.1 Å². The Hall–Kier alpha value is -7.46. The van der Waals surface area contributed by atoms with Gasteiger partial charge >= 0.3 is 0 Å². The number of hydrogen-bond donors (Lipinski definition) is 0. The zero-order valence-corrected chi connectivity index (χ0v) is 56.5. The van der Waals surface area contributed by atoms with Crippen molar-refractivity contribution in [3.8, 4) is 22.4 Å². The molecule has 0 bridgehead atoms. The SMILES string of the molecule is CC(C)(C)c1ccc2c(c1)Sc1cc(C(C)(C)C)cc3c1N2c1cc(-c2cc[c-]c4c2c2ccccc2n2c5ccccc5nc42)cc2c1B3c1cc(C(C)(C)C)cc3c1N2c1ccc(C(C)(C)C)cc1S3.Cc1cnc(-c2[c-]cc(F)cc2)cc1C.[Ir]. The number of fused-ring (bicyclic) bond motifs is 16. The van der Waals surface area contributed by atoms with E-state index in [0.717, 1.165) is 44.4 Å². The summed E-state index contributed by atoms with van der Waals surface area (Å²) in [6, 6.07) is 64.7. The number of anilines is 6. The summed E-state index contributed by atoms with van der Waals surface area (Å²) in [5.74, 6) is -0.275. The number of benzene rings is 9. The van der Waals surface area contributed by atoms with Gasteiger partial charge in [-0.25, -0.2) is 0 Å². The van der Waals surface area contributed by atoms with Crippen molar-refractivity contribution in [1.29, 1.82) is 0 Å². The molecule has 16 rings (SSSR count). The van der Waals surface area contributed by atoms with Crippen molar-refractivity contribution < 1.29 is 24.5 Å². The average Bonchev–Trinajstić information content (AvgIpc) is 0.730. The number of hydrogen-bond acceptors (Lipinski definition) is 6. The summed E-state index contributed by atoms with van der Waals surface area (Å²) in [5.41, 5.74) is 27.5. The number of nitrogens with zero attached hydrogens (tertiary/aromatic N) is 5. The molecule has 9 aromatic carbocycles. The van der Waals surface area contributed by atoms with Crippen molar-refractivity contribution in [1.82, 2.24) is 14.4 Å². The van der Waals surface area contributed by atoms with Gasteiger partial charge in [0.15, 0.2) is 0 Å². The van der Waals surface area contributed by atoms with Crippen molar-refractivity contribution in [2.24, 2.45) is 0 Å². The Morgan fingerprint density at radius 2 is 1.07 bits per heavy atom. The summed E-state index contributed by atoms with van der Waals surface area (Å²) in [5, 5.41) is 3.39. The molecule has 5 nitrogen and oxygen atoms in total. The summed E-state index contributed by atoms with van der Waals surface area (Å²) in [4.78, 5) is 20.2. The van der Waals surface area contributed by atoms with Crippen LogP contribution in [0.4, 0.5) is 38.5 Å². The molecule has 0 amide bonds.